The molecule has 1 aliphatic heterocycles. The molecule has 5 nitrogen and oxygen atoms in total. The van der Waals surface area contributed by atoms with Gasteiger partial charge in [0.05, 0.1) is 22.7 Å². The molecule has 0 bridgehead atoms. The molecule has 0 saturated carbocycles. The van der Waals surface area contributed by atoms with Gasteiger partial charge in [-0.05, 0) is 55.3 Å². The lowest BCUT2D eigenvalue weighted by atomic mass is 9.98. The molecular weight excluding hydrogens is 384 g/mol. The van der Waals surface area contributed by atoms with E-state index >= 15 is 0 Å². The van der Waals surface area contributed by atoms with Crippen LogP contribution >= 0.6 is 11.3 Å². The quantitative estimate of drug-likeness (QED) is 0.583. The van der Waals surface area contributed by atoms with Gasteiger partial charge in [0.25, 0.3) is 5.91 Å². The van der Waals surface area contributed by atoms with Gasteiger partial charge in [-0.15, -0.1) is 11.3 Å². The summed E-state index contributed by atoms with van der Waals surface area (Å²) in [5.74, 6) is -0.425. The number of carbonyl (C=O) groups is 2. The van der Waals surface area contributed by atoms with Gasteiger partial charge in [0.1, 0.15) is 5.69 Å². The largest absolute Gasteiger partial charge is 0.466 e. The van der Waals surface area contributed by atoms with Crippen LogP contribution in [-0.4, -0.2) is 41.0 Å². The Morgan fingerprint density at radius 3 is 2.86 bits per heavy atom. The van der Waals surface area contributed by atoms with E-state index in [1.165, 1.54) is 11.1 Å². The smallest absolute Gasteiger partial charge is 0.310 e. The molecule has 1 aromatic carbocycles. The van der Waals surface area contributed by atoms with Crippen LogP contribution < -0.4 is 0 Å². The van der Waals surface area contributed by atoms with Gasteiger partial charge < -0.3 is 14.2 Å². The Balaban J connectivity index is 1.63. The predicted molar refractivity (Wildman–Crippen MR) is 115 cm³/mol. The highest BCUT2D eigenvalue weighted by Crippen LogP contribution is 2.29. The van der Waals surface area contributed by atoms with Crippen molar-refractivity contribution in [1.29, 1.82) is 0 Å². The van der Waals surface area contributed by atoms with Gasteiger partial charge in [0, 0.05) is 19.6 Å². The normalized spacial score (nSPS) is 16.9. The molecule has 1 saturated heterocycles. The summed E-state index contributed by atoms with van der Waals surface area (Å²) in [4.78, 5) is 27.4. The number of nitrogens with zero attached hydrogens (tertiary/aromatic N) is 2. The van der Waals surface area contributed by atoms with Gasteiger partial charge in [-0.25, -0.2) is 0 Å². The average molecular weight is 411 g/mol. The Bertz CT molecular complexity index is 1040. The van der Waals surface area contributed by atoms with Gasteiger partial charge in [-0.1, -0.05) is 24.3 Å². The molecule has 4 rings (SSSR count). The lowest BCUT2D eigenvalue weighted by molar-refractivity contribution is -0.149. The van der Waals surface area contributed by atoms with Crippen molar-refractivity contribution in [2.45, 2.75) is 33.2 Å². The van der Waals surface area contributed by atoms with Crippen LogP contribution in [0.5, 0.6) is 0 Å². The molecule has 0 N–H and O–H groups in total. The monoisotopic (exact) mass is 410 g/mol. The van der Waals surface area contributed by atoms with Crippen molar-refractivity contribution in [1.82, 2.24) is 9.47 Å². The second-order valence-electron chi connectivity index (χ2n) is 7.55. The first-order chi connectivity index (χ1) is 14.1. The van der Waals surface area contributed by atoms with Crippen molar-refractivity contribution in [2.24, 2.45) is 5.92 Å². The number of amides is 1. The van der Waals surface area contributed by atoms with Gasteiger partial charge in [0.2, 0.25) is 0 Å². The van der Waals surface area contributed by atoms with Gasteiger partial charge in [-0.3, -0.25) is 9.59 Å². The molecule has 0 spiro atoms. The molecule has 6 heteroatoms. The third-order valence-corrected chi connectivity index (χ3v) is 6.51. The van der Waals surface area contributed by atoms with Crippen LogP contribution in [0.25, 0.3) is 10.2 Å². The number of ether oxygens (including phenoxy) is 1. The van der Waals surface area contributed by atoms with Gasteiger partial charge in [-0.2, -0.15) is 0 Å². The third-order valence-electron chi connectivity index (χ3n) is 5.66. The van der Waals surface area contributed by atoms with E-state index < -0.39 is 0 Å². The molecule has 0 radical (unpaired) electrons. The Kier molecular flexibility index (Phi) is 5.72. The maximum absolute atomic E-state index is 13.4. The number of aryl methyl sites for hydroxylation is 1. The topological polar surface area (TPSA) is 51.5 Å². The molecule has 3 aromatic rings. The number of thiophene rings is 1. The van der Waals surface area contributed by atoms with Gasteiger partial charge >= 0.3 is 5.97 Å². The number of fused-ring (bicyclic) bond motifs is 1. The van der Waals surface area contributed by atoms with E-state index in [-0.39, 0.29) is 17.8 Å². The number of hydrogen-bond acceptors (Lipinski definition) is 4. The highest BCUT2D eigenvalue weighted by Gasteiger charge is 2.31. The van der Waals surface area contributed by atoms with Crippen LogP contribution in [-0.2, 0) is 16.1 Å². The number of rotatable bonds is 5. The summed E-state index contributed by atoms with van der Waals surface area (Å²) < 4.78 is 8.41. The van der Waals surface area contributed by atoms with Crippen LogP contribution in [0.15, 0.2) is 41.8 Å². The van der Waals surface area contributed by atoms with Crippen molar-refractivity contribution in [2.75, 3.05) is 19.7 Å². The fraction of sp³-hybridized carbons (Fsp3) is 0.391. The van der Waals surface area contributed by atoms with Crippen LogP contribution in [0.2, 0.25) is 0 Å². The summed E-state index contributed by atoms with van der Waals surface area (Å²) in [6.45, 7) is 6.05. The fourth-order valence-corrected chi connectivity index (χ4v) is 4.88. The molecule has 2 aromatic heterocycles. The van der Waals surface area contributed by atoms with E-state index in [2.05, 4.69) is 35.1 Å². The van der Waals surface area contributed by atoms with Crippen LogP contribution in [0.4, 0.5) is 0 Å². The molecule has 29 heavy (non-hydrogen) atoms. The zero-order chi connectivity index (χ0) is 20.4. The van der Waals surface area contributed by atoms with E-state index in [1.54, 1.807) is 11.3 Å². The molecular formula is C23H26N2O3S. The lowest BCUT2D eigenvalue weighted by Crippen LogP contribution is -2.43. The van der Waals surface area contributed by atoms with E-state index in [0.717, 1.165) is 23.1 Å². The second-order valence-corrected chi connectivity index (χ2v) is 8.50. The van der Waals surface area contributed by atoms with E-state index in [1.807, 2.05) is 30.0 Å². The predicted octanol–water partition coefficient (Wildman–Crippen LogP) is 4.47. The fourth-order valence-electron chi connectivity index (χ4n) is 4.06. The zero-order valence-electron chi connectivity index (χ0n) is 16.9. The first-order valence-electron chi connectivity index (χ1n) is 10.2. The Hall–Kier alpha value is -2.60. The van der Waals surface area contributed by atoms with E-state index in [4.69, 9.17) is 4.74 Å². The third kappa shape index (κ3) is 3.94. The SMILES string of the molecule is CCOC(=O)[C@H]1CCCN(C(=O)c2cc3sccc3n2Cc2ccccc2C)C1. The molecule has 1 atom stereocenters. The van der Waals surface area contributed by atoms with E-state index in [9.17, 15) is 9.59 Å². The maximum Gasteiger partial charge on any atom is 0.310 e. The molecule has 3 heterocycles. The molecule has 0 aliphatic carbocycles. The zero-order valence-corrected chi connectivity index (χ0v) is 17.7. The van der Waals surface area contributed by atoms with Crippen molar-refractivity contribution in [3.63, 3.8) is 0 Å². The number of carbonyl (C=O) groups excluding carboxylic acids is 2. The lowest BCUT2D eigenvalue weighted by Gasteiger charge is -2.31. The van der Waals surface area contributed by atoms with Gasteiger partial charge in [0.15, 0.2) is 0 Å². The second kappa shape index (κ2) is 8.41. The number of benzene rings is 1. The maximum atomic E-state index is 13.4. The standard InChI is InChI=1S/C23H26N2O3S/c1-3-28-23(27)18-9-6-11-24(14-18)22(26)20-13-21-19(10-12-29-21)25(20)15-17-8-5-4-7-16(17)2/h4-5,7-8,10,12-13,18H,3,6,9,11,14-15H2,1-2H3/t18-/m0/s1. The molecule has 1 amide bonds. The molecule has 1 fully saturated rings. The first kappa shape index (κ1) is 19.7. The summed E-state index contributed by atoms with van der Waals surface area (Å²) in [5.41, 5.74) is 4.19. The summed E-state index contributed by atoms with van der Waals surface area (Å²) in [5, 5.41) is 2.06. The highest BCUT2D eigenvalue weighted by molar-refractivity contribution is 7.17. The van der Waals surface area contributed by atoms with Crippen molar-refractivity contribution in [3.05, 3.63) is 58.6 Å². The highest BCUT2D eigenvalue weighted by atomic mass is 32.1. The average Bonchev–Trinajstić information content (AvgIpc) is 3.32. The van der Waals surface area contributed by atoms with Crippen molar-refractivity contribution in [3.8, 4) is 0 Å². The number of piperidine rings is 1. The van der Waals surface area contributed by atoms with Crippen LogP contribution in [0.3, 0.4) is 0 Å². The van der Waals surface area contributed by atoms with Crippen LogP contribution in [0, 0.1) is 12.8 Å². The minimum absolute atomic E-state index is 0.00372. The number of esters is 1. The Morgan fingerprint density at radius 1 is 1.24 bits per heavy atom. The summed E-state index contributed by atoms with van der Waals surface area (Å²) in [6, 6.07) is 12.3. The number of aromatic nitrogens is 1. The number of hydrogen-bond donors (Lipinski definition) is 0. The Labute approximate surface area is 174 Å². The number of likely N-dealkylation sites (tertiary alicyclic amines) is 1. The van der Waals surface area contributed by atoms with E-state index in [0.29, 0.717) is 31.9 Å². The summed E-state index contributed by atoms with van der Waals surface area (Å²) >= 11 is 1.65. The summed E-state index contributed by atoms with van der Waals surface area (Å²) in [6.07, 6.45) is 1.60. The Morgan fingerprint density at radius 2 is 2.07 bits per heavy atom. The molecule has 0 unspecified atom stereocenters. The van der Waals surface area contributed by atoms with Crippen LogP contribution in [0.1, 0.15) is 41.4 Å². The minimum Gasteiger partial charge on any atom is -0.466 e. The van der Waals surface area contributed by atoms with Crippen molar-refractivity contribution >= 4 is 33.4 Å². The van der Waals surface area contributed by atoms with Crippen molar-refractivity contribution < 1.29 is 14.3 Å². The first-order valence-corrected chi connectivity index (χ1v) is 11.0. The summed E-state index contributed by atoms with van der Waals surface area (Å²) in [7, 11) is 0. The molecule has 1 aliphatic rings. The molecule has 152 valence electrons. The minimum atomic E-state index is -0.228.